The van der Waals surface area contributed by atoms with Crippen molar-refractivity contribution >= 4 is 52.5 Å². The monoisotopic (exact) mass is 518 g/mol. The third-order valence-electron chi connectivity index (χ3n) is 5.07. The topological polar surface area (TPSA) is 94.5 Å². The smallest absolute Gasteiger partial charge is 0.310 e. The molecular weight excluding hydrogens is 499 g/mol. The number of hydrogen-bond acceptors (Lipinski definition) is 8. The molecule has 0 N–H and O–H groups in total. The molecule has 1 aliphatic heterocycles. The number of amides is 1. The summed E-state index contributed by atoms with van der Waals surface area (Å²) >= 11 is 14.1. The average Bonchev–Trinajstić information content (AvgIpc) is 2.99. The predicted octanol–water partition coefficient (Wildman–Crippen LogP) is 5.72. The van der Waals surface area contributed by atoms with Crippen LogP contribution in [0.3, 0.4) is 0 Å². The zero-order chi connectivity index (χ0) is 24.4. The van der Waals surface area contributed by atoms with Gasteiger partial charge < -0.3 is 9.47 Å². The second-order valence-electron chi connectivity index (χ2n) is 7.19. The van der Waals surface area contributed by atoms with Gasteiger partial charge in [-0.3, -0.25) is 14.5 Å². The summed E-state index contributed by atoms with van der Waals surface area (Å²) in [7, 11) is 0. The summed E-state index contributed by atoms with van der Waals surface area (Å²) in [6.45, 7) is 3.41. The number of thioether (sulfide) groups is 1. The van der Waals surface area contributed by atoms with E-state index < -0.39 is 12.2 Å². The summed E-state index contributed by atoms with van der Waals surface area (Å²) in [5.74, 6) is -0.508. The number of fused-ring (bicyclic) bond motifs is 3. The van der Waals surface area contributed by atoms with Crippen LogP contribution in [-0.4, -0.2) is 33.3 Å². The maximum atomic E-state index is 13.3. The van der Waals surface area contributed by atoms with Gasteiger partial charge in [0.2, 0.25) is 23.2 Å². The number of carbonyl (C=O) groups is 2. The number of rotatable bonds is 5. The maximum absolute atomic E-state index is 13.3. The number of ether oxygens (including phenoxy) is 2. The van der Waals surface area contributed by atoms with Gasteiger partial charge >= 0.3 is 5.97 Å². The first-order valence-corrected chi connectivity index (χ1v) is 12.4. The van der Waals surface area contributed by atoms with Gasteiger partial charge in [-0.1, -0.05) is 67.0 Å². The van der Waals surface area contributed by atoms with E-state index in [9.17, 15) is 9.59 Å². The lowest BCUT2D eigenvalue weighted by atomic mass is 10.1. The Hall–Kier alpha value is -2.88. The van der Waals surface area contributed by atoms with Crippen LogP contribution in [0.5, 0.6) is 11.6 Å². The van der Waals surface area contributed by atoms with Crippen LogP contribution < -0.4 is 14.4 Å². The fraction of sp³-hybridized carbons (Fsp3) is 0.261. The van der Waals surface area contributed by atoms with Gasteiger partial charge in [0, 0.05) is 23.4 Å². The van der Waals surface area contributed by atoms with Crippen molar-refractivity contribution in [2.45, 2.75) is 38.1 Å². The minimum absolute atomic E-state index is 0.0601. The van der Waals surface area contributed by atoms with E-state index in [0.29, 0.717) is 27.7 Å². The quantitative estimate of drug-likeness (QED) is 0.240. The third-order valence-corrected chi connectivity index (χ3v) is 6.11. The molecule has 34 heavy (non-hydrogen) atoms. The van der Waals surface area contributed by atoms with E-state index in [4.69, 9.17) is 32.7 Å². The van der Waals surface area contributed by atoms with Gasteiger partial charge in [-0.2, -0.15) is 4.98 Å². The lowest BCUT2D eigenvalue weighted by molar-refractivity contribution is -0.134. The molecule has 0 radical (unpaired) electrons. The van der Waals surface area contributed by atoms with Crippen LogP contribution in [0.15, 0.2) is 41.6 Å². The van der Waals surface area contributed by atoms with E-state index in [2.05, 4.69) is 15.2 Å². The van der Waals surface area contributed by atoms with Crippen molar-refractivity contribution in [1.29, 1.82) is 0 Å². The van der Waals surface area contributed by atoms with E-state index in [1.165, 1.54) is 22.7 Å². The number of carbonyl (C=O) groups excluding carboxylic acids is 2. The Bertz CT molecular complexity index is 1270. The van der Waals surface area contributed by atoms with Gasteiger partial charge in [-0.15, -0.1) is 10.2 Å². The van der Waals surface area contributed by atoms with E-state index >= 15 is 0 Å². The van der Waals surface area contributed by atoms with Crippen LogP contribution in [0.4, 0.5) is 5.69 Å². The number of anilines is 1. The average molecular weight is 519 g/mol. The Labute approximate surface area is 210 Å². The minimum Gasteiger partial charge on any atom is -0.447 e. The van der Waals surface area contributed by atoms with Crippen molar-refractivity contribution in [2.24, 2.45) is 0 Å². The van der Waals surface area contributed by atoms with Crippen molar-refractivity contribution < 1.29 is 19.1 Å². The summed E-state index contributed by atoms with van der Waals surface area (Å²) in [6.07, 6.45) is 1.02. The first-order valence-electron chi connectivity index (χ1n) is 10.4. The molecule has 0 saturated heterocycles. The van der Waals surface area contributed by atoms with Crippen molar-refractivity contribution in [3.05, 3.63) is 52.0 Å². The van der Waals surface area contributed by atoms with Crippen LogP contribution in [0, 0.1) is 0 Å². The van der Waals surface area contributed by atoms with Crippen LogP contribution in [0.2, 0.25) is 10.0 Å². The molecule has 0 bridgehead atoms. The number of aromatic nitrogens is 3. The lowest BCUT2D eigenvalue weighted by Gasteiger charge is -2.31. The zero-order valence-corrected chi connectivity index (χ0v) is 20.9. The van der Waals surface area contributed by atoms with Gasteiger partial charge in [0.25, 0.3) is 0 Å². The molecule has 11 heteroatoms. The Kier molecular flexibility index (Phi) is 7.25. The number of halogens is 2. The first kappa shape index (κ1) is 24.3. The SMILES string of the molecule is CCC(=O)Oc1c(Cl)cc(Cl)cc1C1Oc2nc(SC)nnc2-c2ccccc2N1C(=O)CC. The van der Waals surface area contributed by atoms with E-state index in [0.717, 1.165) is 0 Å². The highest BCUT2D eigenvalue weighted by Crippen LogP contribution is 2.47. The Balaban J connectivity index is 2.02. The molecule has 0 saturated carbocycles. The Morgan fingerprint density at radius 2 is 1.91 bits per heavy atom. The fourth-order valence-corrected chi connectivity index (χ4v) is 4.34. The predicted molar refractivity (Wildman–Crippen MR) is 131 cm³/mol. The highest BCUT2D eigenvalue weighted by atomic mass is 35.5. The molecule has 4 rings (SSSR count). The Morgan fingerprint density at radius 3 is 2.62 bits per heavy atom. The van der Waals surface area contributed by atoms with Gasteiger partial charge in [-0.05, 0) is 24.5 Å². The maximum Gasteiger partial charge on any atom is 0.310 e. The zero-order valence-electron chi connectivity index (χ0n) is 18.5. The Morgan fingerprint density at radius 1 is 1.15 bits per heavy atom. The van der Waals surface area contributed by atoms with E-state index in [-0.39, 0.29) is 40.4 Å². The molecule has 0 spiro atoms. The van der Waals surface area contributed by atoms with Gasteiger partial charge in [0.1, 0.15) is 0 Å². The molecule has 1 aromatic heterocycles. The highest BCUT2D eigenvalue weighted by molar-refractivity contribution is 7.98. The normalized spacial score (nSPS) is 14.5. The van der Waals surface area contributed by atoms with Crippen LogP contribution >= 0.6 is 35.0 Å². The number of esters is 1. The summed E-state index contributed by atoms with van der Waals surface area (Å²) in [6, 6.07) is 10.2. The summed E-state index contributed by atoms with van der Waals surface area (Å²) in [5, 5.41) is 9.26. The van der Waals surface area contributed by atoms with E-state index in [1.54, 1.807) is 32.0 Å². The number of hydrogen-bond donors (Lipinski definition) is 0. The lowest BCUT2D eigenvalue weighted by Crippen LogP contribution is -2.37. The van der Waals surface area contributed by atoms with Crippen molar-refractivity contribution in [2.75, 3.05) is 11.2 Å². The van der Waals surface area contributed by atoms with Crippen molar-refractivity contribution in [3.63, 3.8) is 0 Å². The van der Waals surface area contributed by atoms with Crippen molar-refractivity contribution in [1.82, 2.24) is 15.2 Å². The summed E-state index contributed by atoms with van der Waals surface area (Å²) in [4.78, 5) is 31.5. The van der Waals surface area contributed by atoms with Crippen LogP contribution in [0.1, 0.15) is 38.5 Å². The minimum atomic E-state index is -1.10. The molecule has 0 fully saturated rings. The molecule has 1 aliphatic rings. The molecule has 0 aliphatic carbocycles. The largest absolute Gasteiger partial charge is 0.447 e. The van der Waals surface area contributed by atoms with Gasteiger partial charge in [0.15, 0.2) is 11.4 Å². The highest BCUT2D eigenvalue weighted by Gasteiger charge is 2.37. The van der Waals surface area contributed by atoms with E-state index in [1.807, 2.05) is 18.4 Å². The second-order valence-corrected chi connectivity index (χ2v) is 8.81. The van der Waals surface area contributed by atoms with Gasteiger partial charge in [-0.25, -0.2) is 0 Å². The second kappa shape index (κ2) is 10.2. The molecule has 2 heterocycles. The summed E-state index contributed by atoms with van der Waals surface area (Å²) in [5.41, 5.74) is 1.84. The third kappa shape index (κ3) is 4.55. The molecule has 176 valence electrons. The van der Waals surface area contributed by atoms with Crippen molar-refractivity contribution in [3.8, 4) is 22.9 Å². The summed E-state index contributed by atoms with van der Waals surface area (Å²) < 4.78 is 11.9. The molecule has 1 amide bonds. The van der Waals surface area contributed by atoms with Crippen LogP contribution in [0.25, 0.3) is 11.3 Å². The number of nitrogens with zero attached hydrogens (tertiary/aromatic N) is 4. The number of para-hydroxylation sites is 1. The standard InChI is InChI=1S/C23H20Cl2N4O4S/c1-4-17(30)29-16-9-7-6-8-13(16)19-21(26-23(34-3)28-27-19)33-22(29)14-10-12(24)11-15(25)20(14)32-18(31)5-2/h6-11,22H,4-5H2,1-3H3. The molecule has 3 aromatic rings. The number of benzene rings is 2. The van der Waals surface area contributed by atoms with Crippen LogP contribution in [-0.2, 0) is 9.59 Å². The fourth-order valence-electron chi connectivity index (χ4n) is 3.50. The molecular formula is C23H20Cl2N4O4S. The molecule has 1 atom stereocenters. The molecule has 2 aromatic carbocycles. The molecule has 8 nitrogen and oxygen atoms in total. The van der Waals surface area contributed by atoms with Gasteiger partial charge in [0.05, 0.1) is 16.3 Å². The first-order chi connectivity index (χ1) is 16.4. The molecule has 1 unspecified atom stereocenters.